The van der Waals surface area contributed by atoms with Crippen LogP contribution in [0.2, 0.25) is 0 Å². The van der Waals surface area contributed by atoms with Gasteiger partial charge in [-0.1, -0.05) is 0 Å². The normalized spacial score (nSPS) is 28.1. The molecule has 0 saturated carbocycles. The van der Waals surface area contributed by atoms with Crippen molar-refractivity contribution in [3.8, 4) is 0 Å². The molecular formula is C11H15F3NO4+. The van der Waals surface area contributed by atoms with Crippen LogP contribution >= 0.6 is 0 Å². The second-order valence-corrected chi connectivity index (χ2v) is 5.45. The lowest BCUT2D eigenvalue weighted by atomic mass is 9.99. The fraction of sp³-hybridized carbons (Fsp3) is 0.636. The molecule has 0 fully saturated rings. The molecule has 1 aliphatic rings. The number of alkyl halides is 3. The molecule has 5 nitrogen and oxygen atoms in total. The molecular weight excluding hydrogens is 267 g/mol. The maximum absolute atomic E-state index is 12.7. The van der Waals surface area contributed by atoms with Crippen LogP contribution in [0, 0.1) is 0 Å². The maximum Gasteiger partial charge on any atom is 0.515 e. The van der Waals surface area contributed by atoms with Crippen molar-refractivity contribution in [3.63, 3.8) is 0 Å². The molecule has 0 radical (unpaired) electrons. The van der Waals surface area contributed by atoms with Crippen molar-refractivity contribution in [3.05, 3.63) is 11.6 Å². The van der Waals surface area contributed by atoms with Gasteiger partial charge >= 0.3 is 18.2 Å². The lowest BCUT2D eigenvalue weighted by molar-refractivity contribution is -0.904. The maximum atomic E-state index is 12.7. The van der Waals surface area contributed by atoms with E-state index in [4.69, 9.17) is 5.11 Å². The molecule has 0 aromatic carbocycles. The van der Waals surface area contributed by atoms with Gasteiger partial charge in [0.15, 0.2) is 0 Å². The molecule has 1 heterocycles. The standard InChI is InChI=1S/C11H14F3NO4/c1-10(2,3)15(9(18)19)5-6(11(12,13)14)4-7(15)8(16)17/h4,7H,5H2,1-3H3,(H-,16,17,18,19)/p+1. The van der Waals surface area contributed by atoms with Gasteiger partial charge in [-0.2, -0.15) is 22.4 Å². The summed E-state index contributed by atoms with van der Waals surface area (Å²) in [6.45, 7) is 3.33. The highest BCUT2D eigenvalue weighted by Gasteiger charge is 2.62. The van der Waals surface area contributed by atoms with Gasteiger partial charge in [-0.25, -0.2) is 4.79 Å². The Morgan fingerprint density at radius 3 is 1.95 bits per heavy atom. The molecule has 0 aromatic rings. The molecule has 2 unspecified atom stereocenters. The number of amides is 1. The van der Waals surface area contributed by atoms with Crippen LogP contribution in [0.3, 0.4) is 0 Å². The minimum Gasteiger partial charge on any atom is -0.477 e. The number of aliphatic carboxylic acids is 1. The molecule has 19 heavy (non-hydrogen) atoms. The smallest absolute Gasteiger partial charge is 0.477 e. The third kappa shape index (κ3) is 2.32. The molecule has 0 spiro atoms. The SMILES string of the molecule is CC(C)(C)[N+]1(C(=O)O)CC(C(F)(F)F)=CC1C(=O)O. The summed E-state index contributed by atoms with van der Waals surface area (Å²) in [7, 11) is 0. The monoisotopic (exact) mass is 282 g/mol. The zero-order valence-corrected chi connectivity index (χ0v) is 10.7. The van der Waals surface area contributed by atoms with Crippen LogP contribution < -0.4 is 0 Å². The molecule has 0 aromatic heterocycles. The third-order valence-corrected chi connectivity index (χ3v) is 3.41. The highest BCUT2D eigenvalue weighted by atomic mass is 19.4. The van der Waals surface area contributed by atoms with Gasteiger partial charge in [-0.3, -0.25) is 0 Å². The number of hydrogen-bond donors (Lipinski definition) is 2. The summed E-state index contributed by atoms with van der Waals surface area (Å²) in [6, 6.07) is -1.76. The number of quaternary nitrogens is 1. The Morgan fingerprint density at radius 2 is 1.74 bits per heavy atom. The molecule has 0 saturated heterocycles. The highest BCUT2D eigenvalue weighted by Crippen LogP contribution is 2.41. The van der Waals surface area contributed by atoms with Crippen LogP contribution in [0.4, 0.5) is 18.0 Å². The molecule has 0 aliphatic carbocycles. The Kier molecular flexibility index (Phi) is 3.44. The minimum atomic E-state index is -4.73. The largest absolute Gasteiger partial charge is 0.515 e. The van der Waals surface area contributed by atoms with E-state index in [1.165, 1.54) is 20.8 Å². The Balaban J connectivity index is 3.44. The summed E-state index contributed by atoms with van der Waals surface area (Å²) in [5.74, 6) is -1.59. The average molecular weight is 282 g/mol. The first-order chi connectivity index (χ1) is 8.34. The van der Waals surface area contributed by atoms with Crippen LogP contribution in [0.15, 0.2) is 11.6 Å². The Hall–Kier alpha value is -1.57. The summed E-state index contributed by atoms with van der Waals surface area (Å²) in [5.41, 5.74) is -2.31. The minimum absolute atomic E-state index is 0.502. The predicted octanol–water partition coefficient (Wildman–Crippen LogP) is 2.24. The lowest BCUT2D eigenvalue weighted by Gasteiger charge is -2.43. The number of carboxylic acids is 1. The van der Waals surface area contributed by atoms with Crippen molar-refractivity contribution < 1.29 is 37.5 Å². The zero-order valence-electron chi connectivity index (χ0n) is 10.7. The lowest BCUT2D eigenvalue weighted by Crippen LogP contribution is -2.68. The van der Waals surface area contributed by atoms with Gasteiger partial charge in [-0.05, 0) is 26.8 Å². The van der Waals surface area contributed by atoms with E-state index in [1.807, 2.05) is 0 Å². The molecule has 2 N–H and O–H groups in total. The third-order valence-electron chi connectivity index (χ3n) is 3.41. The number of nitrogens with zero attached hydrogens (tertiary/aromatic N) is 1. The summed E-state index contributed by atoms with van der Waals surface area (Å²) in [5, 5.41) is 18.4. The fourth-order valence-corrected chi connectivity index (χ4v) is 2.31. The molecule has 1 aliphatic heterocycles. The summed E-state index contributed by atoms with van der Waals surface area (Å²) in [6.07, 6.45) is -5.81. The van der Waals surface area contributed by atoms with Gasteiger partial charge in [0.05, 0.1) is 5.57 Å². The first-order valence-electron chi connectivity index (χ1n) is 5.46. The van der Waals surface area contributed by atoms with Crippen LogP contribution in [0.25, 0.3) is 0 Å². The van der Waals surface area contributed by atoms with Gasteiger partial charge in [0.2, 0.25) is 6.04 Å². The second-order valence-electron chi connectivity index (χ2n) is 5.45. The molecule has 0 bridgehead atoms. The molecule has 108 valence electrons. The van der Waals surface area contributed by atoms with E-state index >= 15 is 0 Å². The van der Waals surface area contributed by atoms with Crippen LogP contribution in [0.5, 0.6) is 0 Å². The highest BCUT2D eigenvalue weighted by molar-refractivity contribution is 5.78. The number of carboxylic acid groups (broad SMARTS) is 2. The van der Waals surface area contributed by atoms with Crippen molar-refractivity contribution in [2.75, 3.05) is 6.54 Å². The number of hydrogen-bond acceptors (Lipinski definition) is 2. The summed E-state index contributed by atoms with van der Waals surface area (Å²) < 4.78 is 37.0. The van der Waals surface area contributed by atoms with Crippen molar-refractivity contribution >= 4 is 12.1 Å². The average Bonchev–Trinajstić information content (AvgIpc) is 2.56. The van der Waals surface area contributed by atoms with E-state index in [1.54, 1.807) is 0 Å². The molecule has 1 amide bonds. The van der Waals surface area contributed by atoms with Crippen LogP contribution in [-0.2, 0) is 4.79 Å². The van der Waals surface area contributed by atoms with Crippen molar-refractivity contribution in [1.29, 1.82) is 0 Å². The van der Waals surface area contributed by atoms with Crippen molar-refractivity contribution in [2.24, 2.45) is 0 Å². The van der Waals surface area contributed by atoms with Crippen LogP contribution in [0.1, 0.15) is 20.8 Å². The Morgan fingerprint density at radius 1 is 1.26 bits per heavy atom. The van der Waals surface area contributed by atoms with E-state index in [0.717, 1.165) is 0 Å². The number of carbonyl (C=O) groups is 2. The first-order valence-corrected chi connectivity index (χ1v) is 5.46. The second kappa shape index (κ2) is 4.22. The first kappa shape index (κ1) is 15.5. The van der Waals surface area contributed by atoms with Crippen molar-refractivity contribution in [1.82, 2.24) is 0 Å². The van der Waals surface area contributed by atoms with E-state index in [-0.39, 0.29) is 0 Å². The molecule has 2 atom stereocenters. The van der Waals surface area contributed by atoms with Gasteiger partial charge in [-0.15, -0.1) is 0 Å². The van der Waals surface area contributed by atoms with E-state index in [0.29, 0.717) is 6.08 Å². The quantitative estimate of drug-likeness (QED) is 0.571. The van der Waals surface area contributed by atoms with Gasteiger partial charge in [0.1, 0.15) is 12.1 Å². The Labute approximate surface area is 107 Å². The fourth-order valence-electron chi connectivity index (χ4n) is 2.31. The number of halogens is 3. The zero-order chi connectivity index (χ0) is 15.2. The topological polar surface area (TPSA) is 74.6 Å². The predicted molar refractivity (Wildman–Crippen MR) is 58.5 cm³/mol. The van der Waals surface area contributed by atoms with E-state index < -0.39 is 46.4 Å². The molecule has 1 rings (SSSR count). The summed E-state index contributed by atoms with van der Waals surface area (Å²) >= 11 is 0. The summed E-state index contributed by atoms with van der Waals surface area (Å²) in [4.78, 5) is 22.6. The van der Waals surface area contributed by atoms with Crippen molar-refractivity contribution in [2.45, 2.75) is 38.5 Å². The Bertz CT molecular complexity index is 450. The number of rotatable bonds is 1. The molecule has 8 heteroatoms. The van der Waals surface area contributed by atoms with E-state index in [9.17, 15) is 27.9 Å². The van der Waals surface area contributed by atoms with Gasteiger partial charge < -0.3 is 10.2 Å². The van der Waals surface area contributed by atoms with Gasteiger partial charge in [0.25, 0.3) is 0 Å². The van der Waals surface area contributed by atoms with Gasteiger partial charge in [0, 0.05) is 0 Å². The van der Waals surface area contributed by atoms with Crippen LogP contribution in [-0.4, -0.2) is 51.1 Å². The van der Waals surface area contributed by atoms with E-state index in [2.05, 4.69) is 0 Å².